The molecule has 0 spiro atoms. The summed E-state index contributed by atoms with van der Waals surface area (Å²) in [6.07, 6.45) is 0. The third-order valence-electron chi connectivity index (χ3n) is 2.74. The quantitative estimate of drug-likeness (QED) is 0.651. The van der Waals surface area contributed by atoms with Crippen molar-refractivity contribution in [1.82, 2.24) is 0 Å². The maximum absolute atomic E-state index is 13.6. The summed E-state index contributed by atoms with van der Waals surface area (Å²) in [7, 11) is 0. The Kier molecular flexibility index (Phi) is 3.44. The molecule has 0 radical (unpaired) electrons. The van der Waals surface area contributed by atoms with E-state index in [2.05, 4.69) is 0 Å². The van der Waals surface area contributed by atoms with Crippen molar-refractivity contribution in [2.24, 2.45) is 5.73 Å². The lowest BCUT2D eigenvalue weighted by Gasteiger charge is -2.15. The van der Waals surface area contributed by atoms with Crippen LogP contribution in [-0.4, -0.2) is 5.11 Å². The third kappa shape index (κ3) is 2.15. The molecule has 1 atom stereocenters. The van der Waals surface area contributed by atoms with Gasteiger partial charge in [0.2, 0.25) is 11.6 Å². The van der Waals surface area contributed by atoms with E-state index >= 15 is 0 Å². The van der Waals surface area contributed by atoms with Crippen molar-refractivity contribution in [3.05, 3.63) is 64.7 Å². The highest BCUT2D eigenvalue weighted by Crippen LogP contribution is 2.33. The molecular formula is C13H9F4NO. The van der Waals surface area contributed by atoms with Gasteiger partial charge in [0.05, 0.1) is 11.6 Å². The first-order chi connectivity index (χ1) is 8.95. The number of nitrogens with two attached hydrogens (primary N) is 1. The van der Waals surface area contributed by atoms with Crippen molar-refractivity contribution in [3.63, 3.8) is 0 Å². The maximum Gasteiger partial charge on any atom is 0.204 e. The largest absolute Gasteiger partial charge is 0.503 e. The molecule has 0 aromatic heterocycles. The van der Waals surface area contributed by atoms with Crippen molar-refractivity contribution in [3.8, 4) is 5.75 Å². The normalized spacial score (nSPS) is 12.5. The van der Waals surface area contributed by atoms with E-state index in [0.29, 0.717) is 0 Å². The zero-order valence-corrected chi connectivity index (χ0v) is 9.50. The molecule has 2 nitrogen and oxygen atoms in total. The average Bonchev–Trinajstić information content (AvgIpc) is 2.44. The van der Waals surface area contributed by atoms with Crippen LogP contribution in [0.4, 0.5) is 17.6 Å². The molecule has 0 aliphatic rings. The van der Waals surface area contributed by atoms with Gasteiger partial charge in [0, 0.05) is 0 Å². The first kappa shape index (κ1) is 13.4. The highest BCUT2D eigenvalue weighted by molar-refractivity contribution is 5.39. The maximum atomic E-state index is 13.6. The molecule has 19 heavy (non-hydrogen) atoms. The Hall–Kier alpha value is -2.08. The van der Waals surface area contributed by atoms with Gasteiger partial charge in [0.25, 0.3) is 0 Å². The molecule has 0 aliphatic heterocycles. The highest BCUT2D eigenvalue weighted by atomic mass is 19.2. The summed E-state index contributed by atoms with van der Waals surface area (Å²) in [6.45, 7) is 0. The number of phenolic OH excluding ortho intramolecular Hbond substituents is 1. The van der Waals surface area contributed by atoms with Crippen LogP contribution in [0.15, 0.2) is 30.3 Å². The lowest BCUT2D eigenvalue weighted by atomic mass is 9.98. The molecule has 2 aromatic carbocycles. The Morgan fingerprint density at radius 2 is 1.32 bits per heavy atom. The van der Waals surface area contributed by atoms with Crippen LogP contribution in [0, 0.1) is 23.3 Å². The van der Waals surface area contributed by atoms with Crippen LogP contribution in [0.1, 0.15) is 17.2 Å². The van der Waals surface area contributed by atoms with Gasteiger partial charge in [-0.3, -0.25) is 0 Å². The Labute approximate surface area is 106 Å². The SMILES string of the molecule is NC(c1ccccc1)c1c(F)c(F)c(O)c(F)c1F. The summed E-state index contributed by atoms with van der Waals surface area (Å²) in [5, 5.41) is 8.87. The molecule has 6 heteroatoms. The smallest absolute Gasteiger partial charge is 0.204 e. The van der Waals surface area contributed by atoms with E-state index in [1.807, 2.05) is 0 Å². The second-order valence-corrected chi connectivity index (χ2v) is 3.91. The topological polar surface area (TPSA) is 46.2 Å². The minimum absolute atomic E-state index is 0.282. The molecule has 0 saturated carbocycles. The van der Waals surface area contributed by atoms with Crippen molar-refractivity contribution < 1.29 is 22.7 Å². The number of benzene rings is 2. The minimum Gasteiger partial charge on any atom is -0.503 e. The van der Waals surface area contributed by atoms with Crippen LogP contribution in [0.25, 0.3) is 0 Å². The zero-order chi connectivity index (χ0) is 14.2. The molecule has 100 valence electrons. The number of halogens is 4. The van der Waals surface area contributed by atoms with E-state index in [1.165, 1.54) is 12.1 Å². The summed E-state index contributed by atoms with van der Waals surface area (Å²) in [4.78, 5) is 0. The molecule has 3 N–H and O–H groups in total. The van der Waals surface area contributed by atoms with Gasteiger partial charge < -0.3 is 10.8 Å². The van der Waals surface area contributed by atoms with Crippen LogP contribution < -0.4 is 5.73 Å². The Balaban J connectivity index is 2.64. The van der Waals surface area contributed by atoms with E-state index in [1.54, 1.807) is 18.2 Å². The molecule has 2 aromatic rings. The number of phenols is 1. The predicted octanol–water partition coefficient (Wildman–Crippen LogP) is 3.00. The Morgan fingerprint density at radius 3 is 1.79 bits per heavy atom. The van der Waals surface area contributed by atoms with Gasteiger partial charge in [0.15, 0.2) is 17.4 Å². The van der Waals surface area contributed by atoms with E-state index in [9.17, 15) is 17.6 Å². The van der Waals surface area contributed by atoms with Gasteiger partial charge >= 0.3 is 0 Å². The fourth-order valence-corrected chi connectivity index (χ4v) is 1.74. The number of hydrogen-bond acceptors (Lipinski definition) is 2. The van der Waals surface area contributed by atoms with E-state index in [4.69, 9.17) is 10.8 Å². The van der Waals surface area contributed by atoms with Crippen LogP contribution in [0.5, 0.6) is 5.75 Å². The number of aromatic hydroxyl groups is 1. The van der Waals surface area contributed by atoms with Gasteiger partial charge in [0.1, 0.15) is 0 Å². The number of rotatable bonds is 2. The Morgan fingerprint density at radius 1 is 0.842 bits per heavy atom. The lowest BCUT2D eigenvalue weighted by molar-refractivity contribution is 0.349. The lowest BCUT2D eigenvalue weighted by Crippen LogP contribution is -2.17. The van der Waals surface area contributed by atoms with Crippen LogP contribution >= 0.6 is 0 Å². The minimum atomic E-state index is -1.86. The fourth-order valence-electron chi connectivity index (χ4n) is 1.74. The molecule has 0 aliphatic carbocycles. The van der Waals surface area contributed by atoms with Crippen molar-refractivity contribution in [2.75, 3.05) is 0 Å². The second kappa shape index (κ2) is 4.89. The van der Waals surface area contributed by atoms with Gasteiger partial charge in [-0.25, -0.2) is 8.78 Å². The standard InChI is InChI=1S/C13H9F4NO/c14-8-7(9(15)11(17)13(19)10(8)16)12(18)6-4-2-1-3-5-6/h1-5,12,19H,18H2. The average molecular weight is 271 g/mol. The highest BCUT2D eigenvalue weighted by Gasteiger charge is 2.29. The summed E-state index contributed by atoms with van der Waals surface area (Å²) >= 11 is 0. The predicted molar refractivity (Wildman–Crippen MR) is 60.4 cm³/mol. The van der Waals surface area contributed by atoms with Crippen LogP contribution in [0.2, 0.25) is 0 Å². The Bertz CT molecular complexity index is 587. The van der Waals surface area contributed by atoms with Crippen molar-refractivity contribution in [2.45, 2.75) is 6.04 Å². The third-order valence-corrected chi connectivity index (χ3v) is 2.74. The molecule has 0 bridgehead atoms. The summed E-state index contributed by atoms with van der Waals surface area (Å²) in [5.74, 6) is -8.82. The van der Waals surface area contributed by atoms with Gasteiger partial charge in [-0.05, 0) is 5.56 Å². The molecule has 0 saturated heterocycles. The van der Waals surface area contributed by atoms with Crippen LogP contribution in [0.3, 0.4) is 0 Å². The molecule has 1 unspecified atom stereocenters. The molecule has 0 heterocycles. The summed E-state index contributed by atoms with van der Waals surface area (Å²) in [6, 6.07) is 6.33. The van der Waals surface area contributed by atoms with E-state index in [-0.39, 0.29) is 5.56 Å². The molecule has 0 fully saturated rings. The first-order valence-corrected chi connectivity index (χ1v) is 5.30. The van der Waals surface area contributed by atoms with Crippen LogP contribution in [-0.2, 0) is 0 Å². The van der Waals surface area contributed by atoms with Gasteiger partial charge in [-0.15, -0.1) is 0 Å². The van der Waals surface area contributed by atoms with E-state index in [0.717, 1.165) is 0 Å². The van der Waals surface area contributed by atoms with E-state index < -0.39 is 40.6 Å². The first-order valence-electron chi connectivity index (χ1n) is 5.30. The molecular weight excluding hydrogens is 262 g/mol. The molecule has 2 rings (SSSR count). The zero-order valence-electron chi connectivity index (χ0n) is 9.50. The van der Waals surface area contributed by atoms with Gasteiger partial charge in [-0.2, -0.15) is 8.78 Å². The number of hydrogen-bond donors (Lipinski definition) is 2. The fraction of sp³-hybridized carbons (Fsp3) is 0.0769. The van der Waals surface area contributed by atoms with Crippen molar-refractivity contribution >= 4 is 0 Å². The summed E-state index contributed by atoms with van der Waals surface area (Å²) in [5.41, 5.74) is 4.93. The molecule has 0 amide bonds. The van der Waals surface area contributed by atoms with Crippen molar-refractivity contribution in [1.29, 1.82) is 0 Å². The van der Waals surface area contributed by atoms with Gasteiger partial charge in [-0.1, -0.05) is 30.3 Å². The monoisotopic (exact) mass is 271 g/mol. The second-order valence-electron chi connectivity index (χ2n) is 3.91. The summed E-state index contributed by atoms with van der Waals surface area (Å²) < 4.78 is 53.7.